The molecule has 2 aliphatic rings. The first kappa shape index (κ1) is 19.2. The predicted octanol–water partition coefficient (Wildman–Crippen LogP) is 1.14. The van der Waals surface area contributed by atoms with Crippen LogP contribution < -0.4 is 5.32 Å². The van der Waals surface area contributed by atoms with Gasteiger partial charge in [-0.3, -0.25) is 9.59 Å². The molecule has 8 heteroatoms. The summed E-state index contributed by atoms with van der Waals surface area (Å²) in [5, 5.41) is 3.18. The van der Waals surface area contributed by atoms with E-state index in [1.165, 1.54) is 0 Å². The average Bonchev–Trinajstić information content (AvgIpc) is 2.62. The highest BCUT2D eigenvalue weighted by Gasteiger charge is 2.30. The zero-order valence-electron chi connectivity index (χ0n) is 13.2. The zero-order chi connectivity index (χ0) is 16.2. The van der Waals surface area contributed by atoms with Crippen LogP contribution in [-0.4, -0.2) is 73.6 Å². The number of amides is 2. The minimum Gasteiger partial charge on any atom is -0.378 e. The van der Waals surface area contributed by atoms with Crippen molar-refractivity contribution in [3.05, 3.63) is 34.3 Å². The molecule has 132 valence electrons. The standard InChI is InChI=1S/C16H20BrN3O3.ClH/c17-13-3-1-12(2-4-13)15(21)19-6-8-20(9-7-19)16(22)14-11-23-10-5-18-14;/h1-4,14,18H,5-11H2;1H. The van der Waals surface area contributed by atoms with Crippen LogP contribution in [0.1, 0.15) is 10.4 Å². The van der Waals surface area contributed by atoms with Crippen LogP contribution in [0.3, 0.4) is 0 Å². The lowest BCUT2D eigenvalue weighted by Gasteiger charge is -2.37. The summed E-state index contributed by atoms with van der Waals surface area (Å²) in [5.41, 5.74) is 0.676. The summed E-state index contributed by atoms with van der Waals surface area (Å²) in [6, 6.07) is 7.10. The van der Waals surface area contributed by atoms with Gasteiger partial charge < -0.3 is 19.9 Å². The summed E-state index contributed by atoms with van der Waals surface area (Å²) in [4.78, 5) is 28.5. The SMILES string of the molecule is Cl.O=C(c1ccc(Br)cc1)N1CCN(C(=O)C2COCCN2)CC1. The minimum atomic E-state index is -0.252. The van der Waals surface area contributed by atoms with Crippen LogP contribution in [0.5, 0.6) is 0 Å². The van der Waals surface area contributed by atoms with E-state index in [0.29, 0.717) is 51.5 Å². The topological polar surface area (TPSA) is 61.9 Å². The third-order valence-electron chi connectivity index (χ3n) is 4.19. The van der Waals surface area contributed by atoms with E-state index in [-0.39, 0.29) is 30.3 Å². The highest BCUT2D eigenvalue weighted by atomic mass is 79.9. The van der Waals surface area contributed by atoms with Crippen molar-refractivity contribution < 1.29 is 14.3 Å². The molecule has 3 rings (SSSR count). The third-order valence-corrected chi connectivity index (χ3v) is 4.72. The fourth-order valence-electron chi connectivity index (χ4n) is 2.85. The summed E-state index contributed by atoms with van der Waals surface area (Å²) in [5.74, 6) is 0.0872. The smallest absolute Gasteiger partial charge is 0.253 e. The van der Waals surface area contributed by atoms with Crippen molar-refractivity contribution in [3.63, 3.8) is 0 Å². The Morgan fingerprint density at radius 1 is 1.08 bits per heavy atom. The third kappa shape index (κ3) is 4.47. The first-order valence-electron chi connectivity index (χ1n) is 7.80. The lowest BCUT2D eigenvalue weighted by molar-refractivity contribution is -0.137. The Balaban J connectivity index is 0.00000208. The maximum atomic E-state index is 12.5. The number of hydrogen-bond donors (Lipinski definition) is 1. The number of morpholine rings is 1. The Labute approximate surface area is 156 Å². The van der Waals surface area contributed by atoms with Crippen molar-refractivity contribution in [2.45, 2.75) is 6.04 Å². The summed E-state index contributed by atoms with van der Waals surface area (Å²) < 4.78 is 6.29. The Morgan fingerprint density at radius 2 is 1.71 bits per heavy atom. The normalized spacial score (nSPS) is 21.1. The molecule has 0 aromatic heterocycles. The first-order valence-corrected chi connectivity index (χ1v) is 8.59. The van der Waals surface area contributed by atoms with E-state index in [1.807, 2.05) is 29.2 Å². The zero-order valence-corrected chi connectivity index (χ0v) is 15.6. The second kappa shape index (κ2) is 8.80. The molecule has 0 saturated carbocycles. The number of nitrogens with zero attached hydrogens (tertiary/aromatic N) is 2. The number of rotatable bonds is 2. The molecule has 2 amide bonds. The summed E-state index contributed by atoms with van der Waals surface area (Å²) >= 11 is 3.37. The average molecular weight is 419 g/mol. The molecule has 0 aliphatic carbocycles. The van der Waals surface area contributed by atoms with Crippen molar-refractivity contribution in [2.75, 3.05) is 45.9 Å². The van der Waals surface area contributed by atoms with Crippen LogP contribution in [0.2, 0.25) is 0 Å². The minimum absolute atomic E-state index is 0. The summed E-state index contributed by atoms with van der Waals surface area (Å²) in [7, 11) is 0. The molecular weight excluding hydrogens is 398 g/mol. The van der Waals surface area contributed by atoms with E-state index in [0.717, 1.165) is 4.47 Å². The van der Waals surface area contributed by atoms with Crippen molar-refractivity contribution in [1.82, 2.24) is 15.1 Å². The molecule has 0 spiro atoms. The molecule has 24 heavy (non-hydrogen) atoms. The summed E-state index contributed by atoms with van der Waals surface area (Å²) in [6.07, 6.45) is 0. The van der Waals surface area contributed by atoms with Crippen LogP contribution in [0.4, 0.5) is 0 Å². The number of carbonyl (C=O) groups excluding carboxylic acids is 2. The number of hydrogen-bond acceptors (Lipinski definition) is 4. The van der Waals surface area contributed by atoms with E-state index < -0.39 is 0 Å². The number of carbonyl (C=O) groups is 2. The van der Waals surface area contributed by atoms with Gasteiger partial charge in [0.15, 0.2) is 0 Å². The Kier molecular flexibility index (Phi) is 7.03. The van der Waals surface area contributed by atoms with Crippen LogP contribution in [0.25, 0.3) is 0 Å². The number of nitrogens with one attached hydrogen (secondary N) is 1. The molecule has 6 nitrogen and oxygen atoms in total. The molecule has 1 atom stereocenters. The van der Waals surface area contributed by atoms with E-state index in [4.69, 9.17) is 4.74 Å². The fraction of sp³-hybridized carbons (Fsp3) is 0.500. The molecule has 0 bridgehead atoms. The highest BCUT2D eigenvalue weighted by Crippen LogP contribution is 2.14. The van der Waals surface area contributed by atoms with Crippen molar-refractivity contribution in [2.24, 2.45) is 0 Å². The van der Waals surface area contributed by atoms with Crippen LogP contribution in [0, 0.1) is 0 Å². The van der Waals surface area contributed by atoms with Crippen LogP contribution in [-0.2, 0) is 9.53 Å². The molecule has 2 heterocycles. The summed E-state index contributed by atoms with van der Waals surface area (Å²) in [6.45, 7) is 4.05. The second-order valence-corrected chi connectivity index (χ2v) is 6.62. The van der Waals surface area contributed by atoms with Gasteiger partial charge in [0, 0.05) is 42.8 Å². The highest BCUT2D eigenvalue weighted by molar-refractivity contribution is 9.10. The molecule has 2 aliphatic heterocycles. The van der Waals surface area contributed by atoms with Gasteiger partial charge in [0.2, 0.25) is 5.91 Å². The van der Waals surface area contributed by atoms with Crippen LogP contribution in [0.15, 0.2) is 28.7 Å². The molecule has 2 saturated heterocycles. The fourth-order valence-corrected chi connectivity index (χ4v) is 3.11. The first-order chi connectivity index (χ1) is 11.1. The quantitative estimate of drug-likeness (QED) is 0.782. The van der Waals surface area contributed by atoms with Gasteiger partial charge in [-0.2, -0.15) is 0 Å². The molecule has 1 N–H and O–H groups in total. The molecule has 1 unspecified atom stereocenters. The van der Waals surface area contributed by atoms with Gasteiger partial charge in [-0.15, -0.1) is 12.4 Å². The van der Waals surface area contributed by atoms with Gasteiger partial charge in [0.05, 0.1) is 13.2 Å². The van der Waals surface area contributed by atoms with Crippen molar-refractivity contribution in [3.8, 4) is 0 Å². The molecular formula is C16H21BrClN3O3. The second-order valence-electron chi connectivity index (χ2n) is 5.71. The van der Waals surface area contributed by atoms with Crippen LogP contribution >= 0.6 is 28.3 Å². The monoisotopic (exact) mass is 417 g/mol. The van der Waals surface area contributed by atoms with E-state index >= 15 is 0 Å². The van der Waals surface area contributed by atoms with Gasteiger partial charge in [-0.1, -0.05) is 15.9 Å². The van der Waals surface area contributed by atoms with Crippen molar-refractivity contribution >= 4 is 40.2 Å². The Morgan fingerprint density at radius 3 is 2.29 bits per heavy atom. The number of halogens is 2. The Bertz CT molecular complexity index is 570. The lowest BCUT2D eigenvalue weighted by Crippen LogP contribution is -2.57. The van der Waals surface area contributed by atoms with Gasteiger partial charge in [0.25, 0.3) is 5.91 Å². The van der Waals surface area contributed by atoms with E-state index in [2.05, 4.69) is 21.2 Å². The molecule has 1 aromatic rings. The van der Waals surface area contributed by atoms with Gasteiger partial charge in [-0.05, 0) is 24.3 Å². The molecule has 2 fully saturated rings. The maximum absolute atomic E-state index is 12.5. The maximum Gasteiger partial charge on any atom is 0.253 e. The Hall–Kier alpha value is -1.15. The van der Waals surface area contributed by atoms with E-state index in [9.17, 15) is 9.59 Å². The van der Waals surface area contributed by atoms with Gasteiger partial charge in [-0.25, -0.2) is 0 Å². The number of benzene rings is 1. The number of ether oxygens (including phenoxy) is 1. The molecule has 1 aromatic carbocycles. The largest absolute Gasteiger partial charge is 0.378 e. The van der Waals surface area contributed by atoms with Gasteiger partial charge >= 0.3 is 0 Å². The molecule has 0 radical (unpaired) electrons. The van der Waals surface area contributed by atoms with E-state index in [1.54, 1.807) is 4.90 Å². The predicted molar refractivity (Wildman–Crippen MR) is 96.5 cm³/mol. The number of piperazine rings is 1. The van der Waals surface area contributed by atoms with Crippen molar-refractivity contribution in [1.29, 1.82) is 0 Å². The lowest BCUT2D eigenvalue weighted by atomic mass is 10.1. The van der Waals surface area contributed by atoms with Gasteiger partial charge in [0.1, 0.15) is 6.04 Å².